The van der Waals surface area contributed by atoms with Crippen LogP contribution in [-0.4, -0.2) is 15.0 Å². The summed E-state index contributed by atoms with van der Waals surface area (Å²) in [6, 6.07) is 7.83. The fraction of sp³-hybridized carbons (Fsp3) is 0.312. The number of aryl methyl sites for hydroxylation is 4. The summed E-state index contributed by atoms with van der Waals surface area (Å²) in [6.07, 6.45) is 0.475. The Hall–Kier alpha value is -1.94. The third-order valence-corrected chi connectivity index (χ3v) is 3.58. The number of hydrogen-bond acceptors (Lipinski definition) is 3. The minimum absolute atomic E-state index is 0.146. The van der Waals surface area contributed by atoms with Gasteiger partial charge in [-0.05, 0) is 43.5 Å². The van der Waals surface area contributed by atoms with Gasteiger partial charge in [-0.1, -0.05) is 23.8 Å². The first-order chi connectivity index (χ1) is 9.88. The van der Waals surface area contributed by atoms with Crippen molar-refractivity contribution < 1.29 is 4.79 Å². The molecule has 2 aromatic rings. The molecule has 1 aromatic carbocycles. The van der Waals surface area contributed by atoms with Crippen LogP contribution < -0.4 is 5.56 Å². The third-order valence-electron chi connectivity index (χ3n) is 3.39. The zero-order chi connectivity index (χ0) is 15.6. The summed E-state index contributed by atoms with van der Waals surface area (Å²) in [7, 11) is 1.61. The van der Waals surface area contributed by atoms with Crippen LogP contribution >= 0.6 is 11.6 Å². The van der Waals surface area contributed by atoms with Crippen molar-refractivity contribution in [3.8, 4) is 11.3 Å². The minimum Gasteiger partial charge on any atom is -0.281 e. The van der Waals surface area contributed by atoms with E-state index in [1.165, 1.54) is 10.2 Å². The summed E-state index contributed by atoms with van der Waals surface area (Å²) in [5.74, 6) is 0. The van der Waals surface area contributed by atoms with Crippen LogP contribution in [0, 0.1) is 13.8 Å². The van der Waals surface area contributed by atoms with Gasteiger partial charge in [0.1, 0.15) is 0 Å². The van der Waals surface area contributed by atoms with Gasteiger partial charge >= 0.3 is 0 Å². The van der Waals surface area contributed by atoms with Crippen molar-refractivity contribution in [1.82, 2.24) is 9.78 Å². The van der Waals surface area contributed by atoms with E-state index in [-0.39, 0.29) is 12.0 Å². The van der Waals surface area contributed by atoms with Gasteiger partial charge in [0.05, 0.1) is 5.69 Å². The number of nitrogens with zero attached hydrogens (tertiary/aromatic N) is 2. The molecule has 0 saturated heterocycles. The maximum Gasteiger partial charge on any atom is 0.269 e. The number of carbonyl (C=O) groups excluding carboxylic acids is 1. The fourth-order valence-electron chi connectivity index (χ4n) is 2.32. The van der Waals surface area contributed by atoms with Gasteiger partial charge in [-0.3, -0.25) is 9.59 Å². The largest absolute Gasteiger partial charge is 0.281 e. The second-order valence-corrected chi connectivity index (χ2v) is 5.58. The fourth-order valence-corrected chi connectivity index (χ4v) is 2.41. The SMILES string of the molecule is Cc1ccc(-c2cc(CCC(=O)Cl)c(=O)n(C)n2)c(C)c1. The van der Waals surface area contributed by atoms with Crippen molar-refractivity contribution in [2.24, 2.45) is 7.05 Å². The summed E-state index contributed by atoms with van der Waals surface area (Å²) >= 11 is 5.36. The molecule has 0 atom stereocenters. The zero-order valence-corrected chi connectivity index (χ0v) is 13.1. The first-order valence-corrected chi connectivity index (χ1v) is 7.09. The predicted octanol–water partition coefficient (Wildman–Crippen LogP) is 2.76. The molecule has 2 rings (SSSR count). The van der Waals surface area contributed by atoms with Crippen molar-refractivity contribution >= 4 is 16.8 Å². The first-order valence-electron chi connectivity index (χ1n) is 6.71. The Morgan fingerprint density at radius 1 is 1.29 bits per heavy atom. The monoisotopic (exact) mass is 304 g/mol. The second kappa shape index (κ2) is 6.22. The van der Waals surface area contributed by atoms with Crippen molar-refractivity contribution in [2.45, 2.75) is 26.7 Å². The Morgan fingerprint density at radius 2 is 2.00 bits per heavy atom. The summed E-state index contributed by atoms with van der Waals surface area (Å²) in [5.41, 5.74) is 4.34. The Labute approximate surface area is 128 Å². The van der Waals surface area contributed by atoms with Gasteiger partial charge in [-0.2, -0.15) is 5.10 Å². The number of hydrogen-bond donors (Lipinski definition) is 0. The molecule has 1 heterocycles. The molecule has 0 spiro atoms. The topological polar surface area (TPSA) is 52.0 Å². The van der Waals surface area contributed by atoms with Gasteiger partial charge in [-0.15, -0.1) is 0 Å². The van der Waals surface area contributed by atoms with Crippen LogP contribution in [0.5, 0.6) is 0 Å². The molecule has 4 nitrogen and oxygen atoms in total. The van der Waals surface area contributed by atoms with Crippen LogP contribution in [0.25, 0.3) is 11.3 Å². The molecule has 0 unspecified atom stereocenters. The van der Waals surface area contributed by atoms with E-state index in [1.807, 2.05) is 26.0 Å². The van der Waals surface area contributed by atoms with Crippen LogP contribution in [0.15, 0.2) is 29.1 Å². The van der Waals surface area contributed by atoms with Crippen molar-refractivity contribution in [1.29, 1.82) is 0 Å². The normalized spacial score (nSPS) is 10.7. The Kier molecular flexibility index (Phi) is 4.58. The van der Waals surface area contributed by atoms with Crippen molar-refractivity contribution in [3.05, 3.63) is 51.3 Å². The zero-order valence-electron chi connectivity index (χ0n) is 12.3. The van der Waals surface area contributed by atoms with Crippen LogP contribution in [0.2, 0.25) is 0 Å². The Bertz CT molecular complexity index is 750. The molecular formula is C16H17ClN2O2. The molecule has 0 bridgehead atoms. The first kappa shape index (κ1) is 15.4. The van der Waals surface area contributed by atoms with E-state index in [0.717, 1.165) is 16.8 Å². The van der Waals surface area contributed by atoms with Gasteiger partial charge in [0, 0.05) is 24.6 Å². The Morgan fingerprint density at radius 3 is 2.62 bits per heavy atom. The quantitative estimate of drug-likeness (QED) is 0.816. The van der Waals surface area contributed by atoms with Gasteiger partial charge in [0.2, 0.25) is 5.24 Å². The number of halogens is 1. The number of aromatic nitrogens is 2. The molecule has 21 heavy (non-hydrogen) atoms. The van der Waals surface area contributed by atoms with Crippen LogP contribution in [0.4, 0.5) is 0 Å². The number of rotatable bonds is 4. The summed E-state index contributed by atoms with van der Waals surface area (Å²) in [6.45, 7) is 4.04. The molecule has 0 amide bonds. The van der Waals surface area contributed by atoms with E-state index in [1.54, 1.807) is 13.1 Å². The smallest absolute Gasteiger partial charge is 0.269 e. The number of benzene rings is 1. The van der Waals surface area contributed by atoms with E-state index in [4.69, 9.17) is 11.6 Å². The molecule has 0 aliphatic carbocycles. The van der Waals surface area contributed by atoms with Crippen molar-refractivity contribution in [3.63, 3.8) is 0 Å². The molecule has 0 aliphatic rings. The van der Waals surface area contributed by atoms with E-state index < -0.39 is 5.24 Å². The lowest BCUT2D eigenvalue weighted by molar-refractivity contribution is -0.111. The molecule has 0 fully saturated rings. The van der Waals surface area contributed by atoms with Gasteiger partial charge in [0.15, 0.2) is 0 Å². The molecule has 5 heteroatoms. The molecule has 110 valence electrons. The second-order valence-electron chi connectivity index (χ2n) is 5.16. The van der Waals surface area contributed by atoms with Crippen molar-refractivity contribution in [2.75, 3.05) is 0 Å². The van der Waals surface area contributed by atoms with Crippen LogP contribution in [0.1, 0.15) is 23.1 Å². The maximum absolute atomic E-state index is 12.0. The van der Waals surface area contributed by atoms with Gasteiger partial charge in [-0.25, -0.2) is 4.68 Å². The third kappa shape index (κ3) is 3.58. The lowest BCUT2D eigenvalue weighted by atomic mass is 10.0. The van der Waals surface area contributed by atoms with E-state index in [0.29, 0.717) is 12.0 Å². The van der Waals surface area contributed by atoms with E-state index in [9.17, 15) is 9.59 Å². The van der Waals surface area contributed by atoms with Gasteiger partial charge < -0.3 is 0 Å². The lowest BCUT2D eigenvalue weighted by Gasteiger charge is -2.10. The summed E-state index contributed by atoms with van der Waals surface area (Å²) in [5, 5.41) is 3.86. The average Bonchev–Trinajstić information content (AvgIpc) is 2.40. The highest BCUT2D eigenvalue weighted by atomic mass is 35.5. The van der Waals surface area contributed by atoms with Gasteiger partial charge in [0.25, 0.3) is 5.56 Å². The van der Waals surface area contributed by atoms with Crippen LogP contribution in [0.3, 0.4) is 0 Å². The van der Waals surface area contributed by atoms with E-state index >= 15 is 0 Å². The molecule has 0 saturated carbocycles. The van der Waals surface area contributed by atoms with Crippen LogP contribution in [-0.2, 0) is 18.3 Å². The highest BCUT2D eigenvalue weighted by Gasteiger charge is 2.11. The highest BCUT2D eigenvalue weighted by molar-refractivity contribution is 6.63. The number of carbonyl (C=O) groups is 1. The molecule has 0 radical (unpaired) electrons. The lowest BCUT2D eigenvalue weighted by Crippen LogP contribution is -2.24. The average molecular weight is 305 g/mol. The summed E-state index contributed by atoms with van der Waals surface area (Å²) in [4.78, 5) is 23.0. The minimum atomic E-state index is -0.443. The molecule has 0 aliphatic heterocycles. The van der Waals surface area contributed by atoms with E-state index in [2.05, 4.69) is 11.2 Å². The molecule has 1 aromatic heterocycles. The summed E-state index contributed by atoms with van der Waals surface area (Å²) < 4.78 is 1.31. The maximum atomic E-state index is 12.0. The highest BCUT2D eigenvalue weighted by Crippen LogP contribution is 2.22. The standard InChI is InChI=1S/C16H17ClN2O2/c1-10-4-6-13(11(2)8-10)14-9-12(5-7-15(17)20)16(21)19(3)18-14/h4,6,8-9H,5,7H2,1-3H3. The molecule has 0 N–H and O–H groups in total. The Balaban J connectivity index is 2.49. The molecular weight excluding hydrogens is 288 g/mol. The predicted molar refractivity (Wildman–Crippen MR) is 83.6 cm³/mol.